The average Bonchev–Trinajstić information content (AvgIpc) is 2.96. The summed E-state index contributed by atoms with van der Waals surface area (Å²) >= 11 is 7.38. The van der Waals surface area contributed by atoms with Crippen LogP contribution in [0.25, 0.3) is 0 Å². The van der Waals surface area contributed by atoms with Gasteiger partial charge in [0.05, 0.1) is 17.3 Å². The van der Waals surface area contributed by atoms with Crippen molar-refractivity contribution in [2.24, 2.45) is 0 Å². The summed E-state index contributed by atoms with van der Waals surface area (Å²) in [5.41, 5.74) is 0.777. The number of nitrogens with one attached hydrogen (secondary N) is 1. The first-order valence-electron chi connectivity index (χ1n) is 6.88. The SMILES string of the molecule is CC(Oc1ccc(F)cc1Cl)C(=O)NCc1csc(N(C)C)n1. The summed E-state index contributed by atoms with van der Waals surface area (Å²) in [6.45, 7) is 1.91. The lowest BCUT2D eigenvalue weighted by Gasteiger charge is -2.15. The van der Waals surface area contributed by atoms with Crippen LogP contribution in [-0.2, 0) is 11.3 Å². The molecular formula is C15H17ClFN3O2S. The molecule has 0 aliphatic carbocycles. The number of rotatable bonds is 6. The second kappa shape index (κ2) is 7.61. The minimum absolute atomic E-state index is 0.125. The molecule has 8 heteroatoms. The van der Waals surface area contributed by atoms with Crippen LogP contribution in [-0.4, -0.2) is 31.1 Å². The molecule has 1 heterocycles. The third-order valence-corrected chi connectivity index (χ3v) is 4.29. The van der Waals surface area contributed by atoms with Gasteiger partial charge in [0.2, 0.25) is 0 Å². The molecule has 0 bridgehead atoms. The highest BCUT2D eigenvalue weighted by Gasteiger charge is 2.16. The van der Waals surface area contributed by atoms with E-state index in [1.54, 1.807) is 6.92 Å². The smallest absolute Gasteiger partial charge is 0.261 e. The largest absolute Gasteiger partial charge is 0.479 e. The van der Waals surface area contributed by atoms with E-state index in [2.05, 4.69) is 10.3 Å². The molecule has 1 aromatic carbocycles. The lowest BCUT2D eigenvalue weighted by molar-refractivity contribution is -0.127. The number of nitrogens with zero attached hydrogens (tertiary/aromatic N) is 2. The van der Waals surface area contributed by atoms with Crippen LogP contribution < -0.4 is 15.0 Å². The molecule has 0 spiro atoms. The number of carbonyl (C=O) groups excluding carboxylic acids is 1. The van der Waals surface area contributed by atoms with Gasteiger partial charge in [-0.25, -0.2) is 9.37 Å². The number of hydrogen-bond acceptors (Lipinski definition) is 5. The Balaban J connectivity index is 1.89. The van der Waals surface area contributed by atoms with Crippen LogP contribution in [0.4, 0.5) is 9.52 Å². The van der Waals surface area contributed by atoms with Crippen molar-refractivity contribution in [2.45, 2.75) is 19.6 Å². The first kappa shape index (κ1) is 17.5. The van der Waals surface area contributed by atoms with Crippen LogP contribution in [0, 0.1) is 5.82 Å². The first-order chi connectivity index (χ1) is 10.9. The van der Waals surface area contributed by atoms with Gasteiger partial charge in [-0.15, -0.1) is 11.3 Å². The quantitative estimate of drug-likeness (QED) is 0.863. The summed E-state index contributed by atoms with van der Waals surface area (Å²) in [4.78, 5) is 18.3. The number of ether oxygens (including phenoxy) is 1. The van der Waals surface area contributed by atoms with Crippen molar-refractivity contribution in [3.8, 4) is 5.75 Å². The number of hydrogen-bond donors (Lipinski definition) is 1. The molecule has 0 aliphatic heterocycles. The van der Waals surface area contributed by atoms with Crippen molar-refractivity contribution in [1.29, 1.82) is 0 Å². The Morgan fingerprint density at radius 2 is 2.26 bits per heavy atom. The normalized spacial score (nSPS) is 11.9. The molecule has 124 valence electrons. The second-order valence-electron chi connectivity index (χ2n) is 5.07. The molecule has 0 saturated heterocycles. The van der Waals surface area contributed by atoms with E-state index in [1.807, 2.05) is 24.4 Å². The highest BCUT2D eigenvalue weighted by atomic mass is 35.5. The van der Waals surface area contributed by atoms with E-state index >= 15 is 0 Å². The van der Waals surface area contributed by atoms with Gasteiger partial charge < -0.3 is 15.0 Å². The van der Waals surface area contributed by atoms with E-state index in [0.717, 1.165) is 16.9 Å². The van der Waals surface area contributed by atoms with Crippen molar-refractivity contribution in [3.05, 3.63) is 40.1 Å². The van der Waals surface area contributed by atoms with E-state index in [9.17, 15) is 9.18 Å². The van der Waals surface area contributed by atoms with Gasteiger partial charge >= 0.3 is 0 Å². The number of halogens is 2. The fourth-order valence-corrected chi connectivity index (χ4v) is 2.69. The van der Waals surface area contributed by atoms with Gasteiger partial charge in [-0.1, -0.05) is 11.6 Å². The molecule has 5 nitrogen and oxygen atoms in total. The maximum atomic E-state index is 13.0. The zero-order valence-corrected chi connectivity index (χ0v) is 14.5. The molecule has 0 saturated carbocycles. The van der Waals surface area contributed by atoms with Gasteiger partial charge in [0.15, 0.2) is 11.2 Å². The van der Waals surface area contributed by atoms with Crippen molar-refractivity contribution in [3.63, 3.8) is 0 Å². The first-order valence-corrected chi connectivity index (χ1v) is 8.13. The molecule has 1 N–H and O–H groups in total. The van der Waals surface area contributed by atoms with Crippen LogP contribution in [0.15, 0.2) is 23.6 Å². The highest BCUT2D eigenvalue weighted by molar-refractivity contribution is 7.13. The van der Waals surface area contributed by atoms with E-state index < -0.39 is 11.9 Å². The Labute approximate surface area is 143 Å². The monoisotopic (exact) mass is 357 g/mol. The Bertz CT molecular complexity index is 693. The Morgan fingerprint density at radius 1 is 1.52 bits per heavy atom. The third kappa shape index (κ3) is 4.80. The summed E-state index contributed by atoms with van der Waals surface area (Å²) in [7, 11) is 3.81. The maximum Gasteiger partial charge on any atom is 0.261 e. The number of carbonyl (C=O) groups is 1. The summed E-state index contributed by atoms with van der Waals surface area (Å²) in [5, 5.41) is 5.63. The van der Waals surface area contributed by atoms with E-state index in [-0.39, 0.29) is 16.7 Å². The number of benzene rings is 1. The third-order valence-electron chi connectivity index (χ3n) is 2.93. The van der Waals surface area contributed by atoms with Crippen molar-refractivity contribution >= 4 is 34.0 Å². The summed E-state index contributed by atoms with van der Waals surface area (Å²) < 4.78 is 18.4. The number of aromatic nitrogens is 1. The number of thiazole rings is 1. The molecule has 23 heavy (non-hydrogen) atoms. The fraction of sp³-hybridized carbons (Fsp3) is 0.333. The topological polar surface area (TPSA) is 54.5 Å². The van der Waals surface area contributed by atoms with Gasteiger partial charge in [-0.05, 0) is 25.1 Å². The molecule has 2 aromatic rings. The molecule has 2 rings (SSSR count). The standard InChI is InChI=1S/C15H17ClFN3O2S/c1-9(22-13-5-4-10(17)6-12(13)16)14(21)18-7-11-8-23-15(19-11)20(2)3/h4-6,8-9H,7H2,1-3H3,(H,18,21). The summed E-state index contributed by atoms with van der Waals surface area (Å²) in [6.07, 6.45) is -0.759. The highest BCUT2D eigenvalue weighted by Crippen LogP contribution is 2.25. The fourth-order valence-electron chi connectivity index (χ4n) is 1.72. The van der Waals surface area contributed by atoms with E-state index in [0.29, 0.717) is 6.54 Å². The van der Waals surface area contributed by atoms with Gasteiger partial charge in [0.1, 0.15) is 11.6 Å². The van der Waals surface area contributed by atoms with Gasteiger partial charge in [0.25, 0.3) is 5.91 Å². The molecule has 1 aromatic heterocycles. The molecule has 0 radical (unpaired) electrons. The van der Waals surface area contributed by atoms with Crippen LogP contribution in [0.3, 0.4) is 0 Å². The van der Waals surface area contributed by atoms with Gasteiger partial charge in [-0.3, -0.25) is 4.79 Å². The van der Waals surface area contributed by atoms with Crippen LogP contribution in [0.2, 0.25) is 5.02 Å². The lowest BCUT2D eigenvalue weighted by atomic mass is 10.3. The summed E-state index contributed by atoms with van der Waals surface area (Å²) in [6, 6.07) is 3.76. The Morgan fingerprint density at radius 3 is 2.87 bits per heavy atom. The predicted octanol–water partition coefficient (Wildman–Crippen LogP) is 3.09. The molecule has 0 aliphatic rings. The predicted molar refractivity (Wildman–Crippen MR) is 89.8 cm³/mol. The molecule has 1 unspecified atom stereocenters. The van der Waals surface area contributed by atoms with Crippen LogP contribution >= 0.6 is 22.9 Å². The second-order valence-corrected chi connectivity index (χ2v) is 6.31. The molecule has 1 atom stereocenters. The zero-order chi connectivity index (χ0) is 17.0. The average molecular weight is 358 g/mol. The number of anilines is 1. The lowest BCUT2D eigenvalue weighted by Crippen LogP contribution is -2.36. The van der Waals surface area contributed by atoms with Gasteiger partial charge in [0, 0.05) is 19.5 Å². The minimum Gasteiger partial charge on any atom is -0.479 e. The Hall–Kier alpha value is -1.86. The number of amides is 1. The summed E-state index contributed by atoms with van der Waals surface area (Å²) in [5.74, 6) is -0.497. The Kier molecular flexibility index (Phi) is 5.79. The maximum absolute atomic E-state index is 13.0. The van der Waals surface area contributed by atoms with E-state index in [1.165, 1.54) is 23.5 Å². The van der Waals surface area contributed by atoms with Crippen molar-refractivity contribution in [2.75, 3.05) is 19.0 Å². The van der Waals surface area contributed by atoms with Gasteiger partial charge in [-0.2, -0.15) is 0 Å². The van der Waals surface area contributed by atoms with Crippen LogP contribution in [0.5, 0.6) is 5.75 Å². The molecule has 1 amide bonds. The van der Waals surface area contributed by atoms with Crippen molar-refractivity contribution in [1.82, 2.24) is 10.3 Å². The van der Waals surface area contributed by atoms with E-state index in [4.69, 9.17) is 16.3 Å². The minimum atomic E-state index is -0.759. The zero-order valence-electron chi connectivity index (χ0n) is 13.0. The van der Waals surface area contributed by atoms with Crippen LogP contribution in [0.1, 0.15) is 12.6 Å². The molecule has 0 fully saturated rings. The van der Waals surface area contributed by atoms with Crippen molar-refractivity contribution < 1.29 is 13.9 Å². The molecular weight excluding hydrogens is 341 g/mol.